The van der Waals surface area contributed by atoms with Gasteiger partial charge in [-0.15, -0.1) is 0 Å². The monoisotopic (exact) mass is 514 g/mol. The van der Waals surface area contributed by atoms with Gasteiger partial charge >= 0.3 is 12.1 Å². The summed E-state index contributed by atoms with van der Waals surface area (Å²) in [5.74, 6) is -2.92. The van der Waals surface area contributed by atoms with Gasteiger partial charge in [0.05, 0.1) is 11.7 Å². The molecule has 3 heterocycles. The smallest absolute Gasteiger partial charge is 0.475 e. The molecule has 196 valence electrons. The minimum atomic E-state index is -5.08. The molecule has 1 aliphatic carbocycles. The maximum Gasteiger partial charge on any atom is 0.490 e. The first-order chi connectivity index (χ1) is 17.0. The standard InChI is InChI=1S/C22H26F2N4O.C2HF3O2/c23-14-4-6-16(17(24)10-14)18-12-28-11-15(5-7-19(28)27-18)26-20-21(29)25-13-22(20)8-2-1-3-9-22;3-2(4,5)1(6)7/h4,6,10,12,15,20,26H,1-3,5,7-9,11,13H2,(H,25,29);(H,6,7). The number of carboxylic acid groups (broad SMARTS) is 1. The average Bonchev–Trinajstić information content (AvgIpc) is 3.36. The number of carboxylic acids is 1. The van der Waals surface area contributed by atoms with Crippen LogP contribution in [0.3, 0.4) is 0 Å². The lowest BCUT2D eigenvalue weighted by Crippen LogP contribution is -2.53. The number of fused-ring (bicyclic) bond motifs is 1. The molecule has 2 unspecified atom stereocenters. The molecule has 1 saturated heterocycles. The number of aromatic nitrogens is 2. The fourth-order valence-electron chi connectivity index (χ4n) is 5.36. The molecule has 1 aromatic carbocycles. The first-order valence-electron chi connectivity index (χ1n) is 11.8. The van der Waals surface area contributed by atoms with E-state index in [2.05, 4.69) is 15.6 Å². The molecule has 3 aliphatic rings. The Labute approximate surface area is 204 Å². The summed E-state index contributed by atoms with van der Waals surface area (Å²) in [6.45, 7) is 1.48. The molecule has 3 N–H and O–H groups in total. The van der Waals surface area contributed by atoms with Gasteiger partial charge < -0.3 is 20.3 Å². The van der Waals surface area contributed by atoms with Gasteiger partial charge in [0.25, 0.3) is 0 Å². The number of imidazole rings is 1. The molecule has 1 spiro atoms. The summed E-state index contributed by atoms with van der Waals surface area (Å²) in [6, 6.07) is 3.62. The number of nitrogens with zero attached hydrogens (tertiary/aromatic N) is 2. The number of carbonyl (C=O) groups excluding carboxylic acids is 1. The Hall–Kier alpha value is -3.02. The van der Waals surface area contributed by atoms with Gasteiger partial charge in [0.15, 0.2) is 0 Å². The minimum Gasteiger partial charge on any atom is -0.475 e. The van der Waals surface area contributed by atoms with Gasteiger partial charge in [-0.2, -0.15) is 13.2 Å². The molecule has 7 nitrogen and oxygen atoms in total. The summed E-state index contributed by atoms with van der Waals surface area (Å²) in [5, 5.41) is 13.9. The lowest BCUT2D eigenvalue weighted by atomic mass is 9.70. The summed E-state index contributed by atoms with van der Waals surface area (Å²) in [7, 11) is 0. The van der Waals surface area contributed by atoms with Crippen molar-refractivity contribution in [2.24, 2.45) is 5.41 Å². The van der Waals surface area contributed by atoms with Crippen molar-refractivity contribution >= 4 is 11.9 Å². The Morgan fingerprint density at radius 1 is 1.19 bits per heavy atom. The van der Waals surface area contributed by atoms with E-state index >= 15 is 0 Å². The Morgan fingerprint density at radius 3 is 2.53 bits per heavy atom. The van der Waals surface area contributed by atoms with Crippen molar-refractivity contribution in [1.82, 2.24) is 20.2 Å². The van der Waals surface area contributed by atoms with Crippen molar-refractivity contribution in [3.63, 3.8) is 0 Å². The van der Waals surface area contributed by atoms with Crippen LogP contribution < -0.4 is 10.6 Å². The zero-order valence-electron chi connectivity index (χ0n) is 19.4. The maximum absolute atomic E-state index is 14.1. The van der Waals surface area contributed by atoms with E-state index in [0.29, 0.717) is 17.8 Å². The number of alkyl halides is 3. The van der Waals surface area contributed by atoms with Crippen molar-refractivity contribution in [3.05, 3.63) is 41.9 Å². The van der Waals surface area contributed by atoms with E-state index in [4.69, 9.17) is 9.90 Å². The number of benzene rings is 1. The highest BCUT2D eigenvalue weighted by Crippen LogP contribution is 2.42. The molecule has 0 radical (unpaired) electrons. The highest BCUT2D eigenvalue weighted by atomic mass is 19.4. The summed E-state index contributed by atoms with van der Waals surface area (Å²) in [5.41, 5.74) is 0.891. The fraction of sp³-hybridized carbons (Fsp3) is 0.542. The van der Waals surface area contributed by atoms with Crippen molar-refractivity contribution in [2.45, 2.75) is 69.8 Å². The molecular formula is C24H27F5N4O3. The number of hydrogen-bond acceptors (Lipinski definition) is 4. The number of hydrogen-bond donors (Lipinski definition) is 3. The topological polar surface area (TPSA) is 96.2 Å². The average molecular weight is 514 g/mol. The summed E-state index contributed by atoms with van der Waals surface area (Å²) < 4.78 is 61.1. The van der Waals surface area contributed by atoms with Crippen LogP contribution in [0.2, 0.25) is 0 Å². The van der Waals surface area contributed by atoms with Gasteiger partial charge in [-0.1, -0.05) is 19.3 Å². The Bertz CT molecular complexity index is 1130. The second kappa shape index (κ2) is 10.2. The van der Waals surface area contributed by atoms with Crippen LogP contribution in [-0.2, 0) is 22.6 Å². The minimum absolute atomic E-state index is 0.0486. The zero-order valence-corrected chi connectivity index (χ0v) is 19.4. The van der Waals surface area contributed by atoms with E-state index in [1.54, 1.807) is 0 Å². The van der Waals surface area contributed by atoms with Crippen LogP contribution in [0, 0.1) is 17.0 Å². The largest absolute Gasteiger partial charge is 0.490 e. The second-order valence-corrected chi connectivity index (χ2v) is 9.60. The maximum atomic E-state index is 14.1. The predicted octanol–water partition coefficient (Wildman–Crippen LogP) is 3.81. The van der Waals surface area contributed by atoms with Crippen LogP contribution in [0.4, 0.5) is 22.0 Å². The van der Waals surface area contributed by atoms with E-state index in [-0.39, 0.29) is 23.4 Å². The van der Waals surface area contributed by atoms with Crippen LogP contribution in [0.15, 0.2) is 24.4 Å². The molecular weight excluding hydrogens is 487 g/mol. The quantitative estimate of drug-likeness (QED) is 0.542. The van der Waals surface area contributed by atoms with Crippen LogP contribution in [-0.4, -0.2) is 51.3 Å². The lowest BCUT2D eigenvalue weighted by Gasteiger charge is -2.39. The molecule has 1 aromatic heterocycles. The number of nitrogens with one attached hydrogen (secondary N) is 2. The SMILES string of the molecule is O=C(O)C(F)(F)F.O=C1NCC2(CCCCC2)C1NC1CCc2nc(-c3ccc(F)cc3F)cn2C1. The molecule has 5 rings (SSSR count). The van der Waals surface area contributed by atoms with Gasteiger partial charge in [0.2, 0.25) is 5.91 Å². The van der Waals surface area contributed by atoms with Crippen LogP contribution in [0.25, 0.3) is 11.3 Å². The molecule has 1 amide bonds. The van der Waals surface area contributed by atoms with E-state index in [9.17, 15) is 26.7 Å². The van der Waals surface area contributed by atoms with Gasteiger partial charge in [-0.05, 0) is 31.4 Å². The van der Waals surface area contributed by atoms with Gasteiger partial charge in [0, 0.05) is 48.8 Å². The predicted molar refractivity (Wildman–Crippen MR) is 119 cm³/mol. The number of aliphatic carboxylic acids is 1. The molecule has 2 aromatic rings. The highest BCUT2D eigenvalue weighted by Gasteiger charge is 2.49. The third-order valence-corrected chi connectivity index (χ3v) is 7.18. The Balaban J connectivity index is 0.000000384. The van der Waals surface area contributed by atoms with Crippen LogP contribution in [0.5, 0.6) is 0 Å². The third-order valence-electron chi connectivity index (χ3n) is 7.18. The molecule has 2 fully saturated rings. The fourth-order valence-corrected chi connectivity index (χ4v) is 5.36. The van der Waals surface area contributed by atoms with E-state index in [1.165, 1.54) is 31.4 Å². The van der Waals surface area contributed by atoms with Crippen molar-refractivity contribution in [2.75, 3.05) is 6.54 Å². The van der Waals surface area contributed by atoms with Gasteiger partial charge in [-0.3, -0.25) is 4.79 Å². The molecule has 2 aliphatic heterocycles. The molecule has 36 heavy (non-hydrogen) atoms. The molecule has 1 saturated carbocycles. The second-order valence-electron chi connectivity index (χ2n) is 9.60. The van der Waals surface area contributed by atoms with Crippen LogP contribution >= 0.6 is 0 Å². The van der Waals surface area contributed by atoms with Crippen LogP contribution in [0.1, 0.15) is 44.3 Å². The summed E-state index contributed by atoms with van der Waals surface area (Å²) in [6.07, 6.45) is 4.24. The molecule has 12 heteroatoms. The zero-order chi connectivity index (χ0) is 26.1. The van der Waals surface area contributed by atoms with E-state index in [1.807, 2.05) is 10.8 Å². The normalized spacial score (nSPS) is 23.0. The van der Waals surface area contributed by atoms with Crippen molar-refractivity contribution < 1.29 is 36.6 Å². The molecule has 0 bridgehead atoms. The van der Waals surface area contributed by atoms with Gasteiger partial charge in [-0.25, -0.2) is 18.6 Å². The molecule has 2 atom stereocenters. The number of rotatable bonds is 3. The first kappa shape index (κ1) is 26.1. The van der Waals surface area contributed by atoms with Crippen molar-refractivity contribution in [1.29, 1.82) is 0 Å². The van der Waals surface area contributed by atoms with Crippen molar-refractivity contribution in [3.8, 4) is 11.3 Å². The number of aryl methyl sites for hydroxylation is 1. The lowest BCUT2D eigenvalue weighted by molar-refractivity contribution is -0.192. The first-order valence-corrected chi connectivity index (χ1v) is 11.8. The van der Waals surface area contributed by atoms with E-state index < -0.39 is 23.8 Å². The highest BCUT2D eigenvalue weighted by molar-refractivity contribution is 5.85. The number of amides is 1. The Morgan fingerprint density at radius 2 is 1.89 bits per heavy atom. The summed E-state index contributed by atoms with van der Waals surface area (Å²) in [4.78, 5) is 26.0. The van der Waals surface area contributed by atoms with Gasteiger partial charge in [0.1, 0.15) is 17.5 Å². The number of carbonyl (C=O) groups is 2. The third kappa shape index (κ3) is 5.53. The van der Waals surface area contributed by atoms with E-state index in [0.717, 1.165) is 44.1 Å². The Kier molecular flexibility index (Phi) is 7.35. The summed E-state index contributed by atoms with van der Waals surface area (Å²) >= 11 is 0. The number of halogens is 5.